The van der Waals surface area contributed by atoms with Crippen LogP contribution in [0.3, 0.4) is 0 Å². The van der Waals surface area contributed by atoms with Crippen molar-refractivity contribution < 1.29 is 14.7 Å². The van der Waals surface area contributed by atoms with Crippen LogP contribution in [-0.4, -0.2) is 23.5 Å². The molecule has 0 heterocycles. The van der Waals surface area contributed by atoms with E-state index in [9.17, 15) is 9.59 Å². The molecule has 1 rings (SSSR count). The Morgan fingerprint density at radius 3 is 2.36 bits per heavy atom. The maximum absolute atomic E-state index is 11.1. The van der Waals surface area contributed by atoms with E-state index in [1.54, 1.807) is 0 Å². The molecule has 2 N–H and O–H groups in total. The number of hydrogen-bond donors (Lipinski definition) is 2. The van der Waals surface area contributed by atoms with Crippen molar-refractivity contribution in [1.29, 1.82) is 0 Å². The average Bonchev–Trinajstić information content (AvgIpc) is 2.53. The maximum atomic E-state index is 11.1. The van der Waals surface area contributed by atoms with E-state index in [4.69, 9.17) is 5.11 Å². The first-order valence-corrected chi connectivity index (χ1v) is 5.05. The summed E-state index contributed by atoms with van der Waals surface area (Å²) < 4.78 is 0. The molecule has 0 aliphatic heterocycles. The Morgan fingerprint density at radius 2 is 1.93 bits per heavy atom. The van der Waals surface area contributed by atoms with Gasteiger partial charge in [-0.25, -0.2) is 0 Å². The van der Waals surface area contributed by atoms with Gasteiger partial charge in [-0.1, -0.05) is 12.8 Å². The minimum absolute atomic E-state index is 0.0939. The average molecular weight is 199 g/mol. The summed E-state index contributed by atoms with van der Waals surface area (Å²) in [4.78, 5) is 21.7. The van der Waals surface area contributed by atoms with Gasteiger partial charge in [-0.05, 0) is 19.3 Å². The van der Waals surface area contributed by atoms with Gasteiger partial charge in [0.15, 0.2) is 0 Å². The first kappa shape index (κ1) is 11.0. The molecule has 0 unspecified atom stereocenters. The van der Waals surface area contributed by atoms with Gasteiger partial charge in [0, 0.05) is 13.5 Å². The third-order valence-electron chi connectivity index (χ3n) is 2.99. The summed E-state index contributed by atoms with van der Waals surface area (Å²) in [7, 11) is 0. The molecule has 4 heteroatoms. The lowest BCUT2D eigenvalue weighted by Gasteiger charge is -2.23. The van der Waals surface area contributed by atoms with Gasteiger partial charge in [0.25, 0.3) is 0 Å². The zero-order valence-corrected chi connectivity index (χ0v) is 8.51. The second-order valence-electron chi connectivity index (χ2n) is 4.03. The van der Waals surface area contributed by atoms with E-state index in [1.165, 1.54) is 6.92 Å². The van der Waals surface area contributed by atoms with E-state index in [2.05, 4.69) is 5.32 Å². The Morgan fingerprint density at radius 1 is 1.36 bits per heavy atom. The highest BCUT2D eigenvalue weighted by molar-refractivity contribution is 5.75. The highest BCUT2D eigenvalue weighted by Gasteiger charge is 2.40. The van der Waals surface area contributed by atoms with Crippen LogP contribution < -0.4 is 5.32 Å². The molecule has 0 atom stereocenters. The van der Waals surface area contributed by atoms with Gasteiger partial charge in [-0.3, -0.25) is 9.59 Å². The number of amides is 1. The maximum Gasteiger partial charge on any atom is 0.309 e. The summed E-state index contributed by atoms with van der Waals surface area (Å²) in [5.41, 5.74) is -0.567. The second kappa shape index (κ2) is 4.44. The Bertz CT molecular complexity index is 232. The van der Waals surface area contributed by atoms with Crippen LogP contribution in [0.4, 0.5) is 0 Å². The molecule has 0 aromatic rings. The molecule has 0 saturated heterocycles. The number of hydrogen-bond acceptors (Lipinski definition) is 2. The van der Waals surface area contributed by atoms with Crippen LogP contribution in [0.2, 0.25) is 0 Å². The standard InChI is InChI=1S/C10H17NO3/c1-8(12)11-7-6-10(9(13)14)4-2-3-5-10/h2-7H2,1H3,(H,11,12)(H,13,14). The SMILES string of the molecule is CC(=O)NCCC1(C(=O)O)CCCC1. The molecule has 0 aromatic heterocycles. The van der Waals surface area contributed by atoms with Crippen LogP contribution in [0.5, 0.6) is 0 Å². The molecule has 4 nitrogen and oxygen atoms in total. The Balaban J connectivity index is 2.44. The van der Waals surface area contributed by atoms with Gasteiger partial charge in [0.2, 0.25) is 5.91 Å². The van der Waals surface area contributed by atoms with Crippen LogP contribution in [0.15, 0.2) is 0 Å². The van der Waals surface area contributed by atoms with Gasteiger partial charge in [-0.15, -0.1) is 0 Å². The number of carbonyl (C=O) groups is 2. The van der Waals surface area contributed by atoms with Gasteiger partial charge >= 0.3 is 5.97 Å². The predicted molar refractivity (Wildman–Crippen MR) is 51.8 cm³/mol. The van der Waals surface area contributed by atoms with E-state index >= 15 is 0 Å². The zero-order chi connectivity index (χ0) is 10.6. The fraction of sp³-hybridized carbons (Fsp3) is 0.800. The Kier molecular flexibility index (Phi) is 3.49. The van der Waals surface area contributed by atoms with Crippen molar-refractivity contribution in [2.45, 2.75) is 39.0 Å². The van der Waals surface area contributed by atoms with Gasteiger partial charge in [0.1, 0.15) is 0 Å². The van der Waals surface area contributed by atoms with Crippen molar-refractivity contribution in [1.82, 2.24) is 5.32 Å². The summed E-state index contributed by atoms with van der Waals surface area (Å²) in [6.07, 6.45) is 4.05. The van der Waals surface area contributed by atoms with Crippen molar-refractivity contribution >= 4 is 11.9 Å². The quantitative estimate of drug-likeness (QED) is 0.714. The van der Waals surface area contributed by atoms with Crippen molar-refractivity contribution in [3.05, 3.63) is 0 Å². The van der Waals surface area contributed by atoms with Crippen molar-refractivity contribution in [3.8, 4) is 0 Å². The predicted octanol–water partition coefficient (Wildman–Crippen LogP) is 1.16. The third kappa shape index (κ3) is 2.47. The summed E-state index contributed by atoms with van der Waals surface area (Å²) in [5, 5.41) is 11.8. The highest BCUT2D eigenvalue weighted by Crippen LogP contribution is 2.40. The van der Waals surface area contributed by atoms with Crippen LogP contribution in [0.1, 0.15) is 39.0 Å². The minimum Gasteiger partial charge on any atom is -0.481 e. The number of nitrogens with one attached hydrogen (secondary N) is 1. The molecule has 0 radical (unpaired) electrons. The molecule has 14 heavy (non-hydrogen) atoms. The van der Waals surface area contributed by atoms with Crippen LogP contribution in [-0.2, 0) is 9.59 Å². The van der Waals surface area contributed by atoms with Crippen molar-refractivity contribution in [2.75, 3.05) is 6.54 Å². The Labute approximate surface area is 83.7 Å². The largest absolute Gasteiger partial charge is 0.481 e. The van der Waals surface area contributed by atoms with Gasteiger partial charge < -0.3 is 10.4 Å². The molecule has 0 bridgehead atoms. The molecule has 1 saturated carbocycles. The topological polar surface area (TPSA) is 66.4 Å². The molecule has 0 spiro atoms. The summed E-state index contributed by atoms with van der Waals surface area (Å²) in [5.74, 6) is -0.802. The van der Waals surface area contributed by atoms with E-state index in [-0.39, 0.29) is 5.91 Å². The number of rotatable bonds is 4. The highest BCUT2D eigenvalue weighted by atomic mass is 16.4. The molecule has 80 valence electrons. The number of carboxylic acids is 1. The fourth-order valence-corrected chi connectivity index (χ4v) is 2.10. The number of carboxylic acid groups (broad SMARTS) is 1. The zero-order valence-electron chi connectivity index (χ0n) is 8.51. The molecule has 1 aliphatic carbocycles. The first-order valence-electron chi connectivity index (χ1n) is 5.05. The third-order valence-corrected chi connectivity index (χ3v) is 2.99. The molecule has 1 fully saturated rings. The monoisotopic (exact) mass is 199 g/mol. The minimum atomic E-state index is -0.708. The molecule has 1 aliphatic rings. The summed E-state index contributed by atoms with van der Waals surface area (Å²) in [6.45, 7) is 1.92. The van der Waals surface area contributed by atoms with E-state index < -0.39 is 11.4 Å². The number of carbonyl (C=O) groups excluding carboxylic acids is 1. The lowest BCUT2D eigenvalue weighted by molar-refractivity contribution is -0.149. The molecule has 1 amide bonds. The van der Waals surface area contributed by atoms with Crippen LogP contribution in [0, 0.1) is 5.41 Å². The molecular formula is C10H17NO3. The lowest BCUT2D eigenvalue weighted by Crippen LogP contribution is -2.33. The first-order chi connectivity index (χ1) is 6.57. The van der Waals surface area contributed by atoms with Crippen molar-refractivity contribution in [3.63, 3.8) is 0 Å². The van der Waals surface area contributed by atoms with Crippen LogP contribution in [0.25, 0.3) is 0 Å². The summed E-state index contributed by atoms with van der Waals surface area (Å²) >= 11 is 0. The molecular weight excluding hydrogens is 182 g/mol. The Hall–Kier alpha value is -1.06. The lowest BCUT2D eigenvalue weighted by atomic mass is 9.83. The van der Waals surface area contributed by atoms with Crippen LogP contribution >= 0.6 is 0 Å². The van der Waals surface area contributed by atoms with E-state index in [1.807, 2.05) is 0 Å². The fourth-order valence-electron chi connectivity index (χ4n) is 2.10. The van der Waals surface area contributed by atoms with E-state index in [0.29, 0.717) is 13.0 Å². The van der Waals surface area contributed by atoms with Gasteiger partial charge in [0.05, 0.1) is 5.41 Å². The second-order valence-corrected chi connectivity index (χ2v) is 4.03. The van der Waals surface area contributed by atoms with Gasteiger partial charge in [-0.2, -0.15) is 0 Å². The van der Waals surface area contributed by atoms with E-state index in [0.717, 1.165) is 25.7 Å². The summed E-state index contributed by atoms with van der Waals surface area (Å²) in [6, 6.07) is 0. The van der Waals surface area contributed by atoms with Crippen molar-refractivity contribution in [2.24, 2.45) is 5.41 Å². The molecule has 0 aromatic carbocycles. The number of aliphatic carboxylic acids is 1. The smallest absolute Gasteiger partial charge is 0.309 e. The normalized spacial score (nSPS) is 19.2.